The summed E-state index contributed by atoms with van der Waals surface area (Å²) in [5.74, 6) is 0.656. The second-order valence-corrected chi connectivity index (χ2v) is 7.74. The summed E-state index contributed by atoms with van der Waals surface area (Å²) in [6.07, 6.45) is 5.79. The van der Waals surface area contributed by atoms with Gasteiger partial charge >= 0.3 is 0 Å². The first-order chi connectivity index (χ1) is 13.6. The number of benzene rings is 1. The molecule has 0 radical (unpaired) electrons. The van der Waals surface area contributed by atoms with Gasteiger partial charge in [-0.1, -0.05) is 17.7 Å². The van der Waals surface area contributed by atoms with Gasteiger partial charge in [0.15, 0.2) is 5.69 Å². The van der Waals surface area contributed by atoms with Crippen molar-refractivity contribution in [3.8, 4) is 11.5 Å². The maximum Gasteiger partial charge on any atom is 0.280 e. The Morgan fingerprint density at radius 2 is 2.18 bits per heavy atom. The third-order valence-electron chi connectivity index (χ3n) is 5.80. The van der Waals surface area contributed by atoms with Gasteiger partial charge in [-0.15, -0.1) is 0 Å². The van der Waals surface area contributed by atoms with E-state index >= 15 is 0 Å². The molecule has 1 saturated heterocycles. The van der Waals surface area contributed by atoms with Gasteiger partial charge in [0.05, 0.1) is 5.56 Å². The van der Waals surface area contributed by atoms with Crippen LogP contribution in [0.4, 0.5) is 5.69 Å². The van der Waals surface area contributed by atoms with Gasteiger partial charge in [-0.25, -0.2) is 4.98 Å². The molecule has 2 aliphatic rings. The fraction of sp³-hybridized carbons (Fsp3) is 0.318. The molecule has 1 fully saturated rings. The van der Waals surface area contributed by atoms with E-state index in [0.717, 1.165) is 30.8 Å². The summed E-state index contributed by atoms with van der Waals surface area (Å²) < 4.78 is 5.58. The fourth-order valence-electron chi connectivity index (χ4n) is 4.46. The van der Waals surface area contributed by atoms with Crippen LogP contribution in [0.3, 0.4) is 0 Å². The first kappa shape index (κ1) is 17.1. The Labute approximate surface area is 163 Å². The lowest BCUT2D eigenvalue weighted by atomic mass is 9.89. The third kappa shape index (κ3) is 2.72. The predicted molar refractivity (Wildman–Crippen MR) is 106 cm³/mol. The van der Waals surface area contributed by atoms with Gasteiger partial charge in [0.2, 0.25) is 5.89 Å². The summed E-state index contributed by atoms with van der Waals surface area (Å²) in [4.78, 5) is 26.3. The van der Waals surface area contributed by atoms with E-state index in [1.54, 1.807) is 12.4 Å². The lowest BCUT2D eigenvalue weighted by molar-refractivity contribution is 0.0960. The number of amides is 1. The summed E-state index contributed by atoms with van der Waals surface area (Å²) in [6.45, 7) is 4.05. The molecule has 0 unspecified atom stereocenters. The van der Waals surface area contributed by atoms with Crippen molar-refractivity contribution in [3.63, 3.8) is 0 Å². The lowest BCUT2D eigenvalue weighted by Gasteiger charge is -2.36. The molecule has 6 heteroatoms. The highest BCUT2D eigenvalue weighted by Gasteiger charge is 2.44. The molecular formula is C22H22N4O2. The topological polar surface area (TPSA) is 62.5 Å². The number of likely N-dealkylation sites (N-methyl/N-ethyl adjacent to an activating group) is 1. The lowest BCUT2D eigenvalue weighted by Crippen LogP contribution is -2.47. The summed E-state index contributed by atoms with van der Waals surface area (Å²) >= 11 is 0. The number of pyridine rings is 1. The number of anilines is 1. The molecule has 0 saturated carbocycles. The monoisotopic (exact) mass is 374 g/mol. The molecule has 0 aliphatic carbocycles. The summed E-state index contributed by atoms with van der Waals surface area (Å²) in [6, 6.07) is 10.2. The SMILES string of the molecule is Cc1ccc2c(c1)[C@@H]1CN(C)CC[C@H]1N2C(=O)c1coc(-c2cccnc2)n1. The number of carbonyl (C=O) groups is 1. The van der Waals surface area contributed by atoms with Crippen LogP contribution < -0.4 is 4.90 Å². The molecular weight excluding hydrogens is 352 g/mol. The number of likely N-dealkylation sites (tertiary alicyclic amines) is 1. The Kier molecular flexibility index (Phi) is 4.02. The second-order valence-electron chi connectivity index (χ2n) is 7.74. The van der Waals surface area contributed by atoms with Crippen LogP contribution in [0, 0.1) is 6.92 Å². The number of nitrogens with zero attached hydrogens (tertiary/aromatic N) is 4. The summed E-state index contributed by atoms with van der Waals surface area (Å²) in [7, 11) is 2.15. The van der Waals surface area contributed by atoms with E-state index in [2.05, 4.69) is 47.0 Å². The predicted octanol–water partition coefficient (Wildman–Crippen LogP) is 3.49. The van der Waals surface area contributed by atoms with E-state index in [0.29, 0.717) is 17.5 Å². The maximum atomic E-state index is 13.4. The van der Waals surface area contributed by atoms with Crippen LogP contribution in [0.25, 0.3) is 11.5 Å². The van der Waals surface area contributed by atoms with Crippen LogP contribution in [0.5, 0.6) is 0 Å². The van der Waals surface area contributed by atoms with Crippen LogP contribution in [0.1, 0.15) is 34.0 Å². The number of rotatable bonds is 2. The standard InChI is InChI=1S/C22H22N4O2/c1-14-5-6-19-16(10-14)17-12-25(2)9-7-20(17)26(19)22(27)18-13-28-21(24-18)15-4-3-8-23-11-15/h3-6,8,10-11,13,17,20H,7,9,12H2,1-2H3/t17-,20+/m0/s1. The van der Waals surface area contributed by atoms with Gasteiger partial charge in [0.1, 0.15) is 6.26 Å². The molecule has 6 nitrogen and oxygen atoms in total. The average Bonchev–Trinajstić information content (AvgIpc) is 3.31. The van der Waals surface area contributed by atoms with Gasteiger partial charge in [-0.2, -0.15) is 0 Å². The van der Waals surface area contributed by atoms with E-state index in [4.69, 9.17) is 4.42 Å². The van der Waals surface area contributed by atoms with E-state index in [-0.39, 0.29) is 11.9 Å². The number of carbonyl (C=O) groups excluding carboxylic acids is 1. The Bertz CT molecular complexity index is 1030. The molecule has 2 aliphatic heterocycles. The van der Waals surface area contributed by atoms with Gasteiger partial charge in [-0.3, -0.25) is 9.78 Å². The first-order valence-electron chi connectivity index (χ1n) is 9.60. The minimum absolute atomic E-state index is 0.0963. The molecule has 0 bridgehead atoms. The molecule has 2 aromatic heterocycles. The average molecular weight is 374 g/mol. The largest absolute Gasteiger partial charge is 0.444 e. The molecule has 5 rings (SSSR count). The van der Waals surface area contributed by atoms with Crippen molar-refractivity contribution < 1.29 is 9.21 Å². The van der Waals surface area contributed by atoms with Crippen LogP contribution >= 0.6 is 0 Å². The van der Waals surface area contributed by atoms with E-state index in [1.165, 1.54) is 17.4 Å². The molecule has 3 aromatic rings. The van der Waals surface area contributed by atoms with Crippen molar-refractivity contribution in [3.05, 3.63) is 65.8 Å². The third-order valence-corrected chi connectivity index (χ3v) is 5.80. The van der Waals surface area contributed by atoms with E-state index in [1.807, 2.05) is 17.0 Å². The number of aromatic nitrogens is 2. The number of piperidine rings is 1. The van der Waals surface area contributed by atoms with Crippen molar-refractivity contribution in [2.45, 2.75) is 25.3 Å². The zero-order valence-electron chi connectivity index (χ0n) is 16.0. The summed E-state index contributed by atoms with van der Waals surface area (Å²) in [5, 5.41) is 0. The normalized spacial score (nSPS) is 21.4. The molecule has 0 N–H and O–H groups in total. The van der Waals surface area contributed by atoms with Crippen LogP contribution in [-0.4, -0.2) is 47.0 Å². The van der Waals surface area contributed by atoms with Crippen molar-refractivity contribution in [1.82, 2.24) is 14.9 Å². The quantitative estimate of drug-likeness (QED) is 0.687. The minimum atomic E-state index is -0.0963. The van der Waals surface area contributed by atoms with Crippen LogP contribution in [0.2, 0.25) is 0 Å². The Morgan fingerprint density at radius 3 is 3.00 bits per heavy atom. The van der Waals surface area contributed by atoms with E-state index in [9.17, 15) is 4.79 Å². The van der Waals surface area contributed by atoms with E-state index < -0.39 is 0 Å². The molecule has 0 spiro atoms. The summed E-state index contributed by atoms with van der Waals surface area (Å²) in [5.41, 5.74) is 4.59. The van der Waals surface area contributed by atoms with Gasteiger partial charge < -0.3 is 14.2 Å². The first-order valence-corrected chi connectivity index (χ1v) is 9.60. The number of hydrogen-bond acceptors (Lipinski definition) is 5. The maximum absolute atomic E-state index is 13.4. The second kappa shape index (κ2) is 6.56. The van der Waals surface area contributed by atoms with Gasteiger partial charge in [0.25, 0.3) is 5.91 Å². The van der Waals surface area contributed by atoms with Gasteiger partial charge in [0, 0.05) is 36.6 Å². The zero-order valence-corrected chi connectivity index (χ0v) is 16.0. The molecule has 2 atom stereocenters. The van der Waals surface area contributed by atoms with Crippen LogP contribution in [0.15, 0.2) is 53.4 Å². The molecule has 142 valence electrons. The molecule has 28 heavy (non-hydrogen) atoms. The Hall–Kier alpha value is -2.99. The Morgan fingerprint density at radius 1 is 1.29 bits per heavy atom. The van der Waals surface area contributed by atoms with Crippen molar-refractivity contribution in [1.29, 1.82) is 0 Å². The smallest absolute Gasteiger partial charge is 0.280 e. The number of fused-ring (bicyclic) bond motifs is 3. The molecule has 1 amide bonds. The number of aryl methyl sites for hydroxylation is 1. The highest BCUT2D eigenvalue weighted by Crippen LogP contribution is 2.45. The van der Waals surface area contributed by atoms with Gasteiger partial charge in [-0.05, 0) is 50.7 Å². The van der Waals surface area contributed by atoms with Crippen molar-refractivity contribution in [2.24, 2.45) is 0 Å². The minimum Gasteiger partial charge on any atom is -0.444 e. The molecule has 4 heterocycles. The van der Waals surface area contributed by atoms with Crippen molar-refractivity contribution in [2.75, 3.05) is 25.0 Å². The van der Waals surface area contributed by atoms with Crippen LogP contribution in [-0.2, 0) is 0 Å². The molecule has 1 aromatic carbocycles. The number of hydrogen-bond donors (Lipinski definition) is 0. The zero-order chi connectivity index (χ0) is 19.3. The van der Waals surface area contributed by atoms with Crippen molar-refractivity contribution >= 4 is 11.6 Å². The fourth-order valence-corrected chi connectivity index (χ4v) is 4.46. The number of oxazole rings is 1. The highest BCUT2D eigenvalue weighted by molar-refractivity contribution is 6.07. The Balaban J connectivity index is 1.52. The highest BCUT2D eigenvalue weighted by atomic mass is 16.3.